The second-order valence-electron chi connectivity index (χ2n) is 4.83. The maximum atomic E-state index is 11.8. The number of carbonyl (C=O) groups is 1. The third kappa shape index (κ3) is 2.90. The molecule has 4 nitrogen and oxygen atoms in total. The molecular weight excluding hydrogens is 248 g/mol. The van der Waals surface area contributed by atoms with Gasteiger partial charge in [0.05, 0.1) is 10.7 Å². The Morgan fingerprint density at radius 2 is 2.50 bits per heavy atom. The number of aliphatic hydroxyl groups excluding tert-OH is 1. The average Bonchev–Trinajstić information content (AvgIpc) is 2.86. The quantitative estimate of drug-likeness (QED) is 0.909. The molecule has 5 heteroatoms. The molecule has 0 aromatic carbocycles. The molecule has 2 heterocycles. The lowest BCUT2D eigenvalue weighted by Gasteiger charge is -2.32. The first-order chi connectivity index (χ1) is 8.61. The Hall–Kier alpha value is -0.940. The van der Waals surface area contributed by atoms with E-state index in [9.17, 15) is 9.90 Å². The number of piperidine rings is 1. The van der Waals surface area contributed by atoms with Gasteiger partial charge in [-0.2, -0.15) is 0 Å². The molecule has 0 saturated carbocycles. The summed E-state index contributed by atoms with van der Waals surface area (Å²) in [4.78, 5) is 18.2. The molecule has 2 rings (SSSR count). The van der Waals surface area contributed by atoms with Crippen LogP contribution in [0.1, 0.15) is 43.3 Å². The Morgan fingerprint density at radius 1 is 1.72 bits per heavy atom. The first-order valence-electron chi connectivity index (χ1n) is 6.53. The molecule has 18 heavy (non-hydrogen) atoms. The highest BCUT2D eigenvalue weighted by Crippen LogP contribution is 2.29. The van der Waals surface area contributed by atoms with Crippen molar-refractivity contribution in [1.29, 1.82) is 0 Å². The lowest BCUT2D eigenvalue weighted by atomic mass is 9.98. The molecule has 0 bridgehead atoms. The lowest BCUT2D eigenvalue weighted by molar-refractivity contribution is -0.140. The van der Waals surface area contributed by atoms with Crippen LogP contribution in [0.25, 0.3) is 0 Å². The van der Waals surface area contributed by atoms with Crippen molar-refractivity contribution >= 4 is 17.2 Å². The highest BCUT2D eigenvalue weighted by molar-refractivity contribution is 7.09. The van der Waals surface area contributed by atoms with E-state index in [4.69, 9.17) is 0 Å². The van der Waals surface area contributed by atoms with Crippen LogP contribution in [0.5, 0.6) is 0 Å². The summed E-state index contributed by atoms with van der Waals surface area (Å²) < 4.78 is 0. The summed E-state index contributed by atoms with van der Waals surface area (Å²) in [5, 5.41) is 12.6. The highest BCUT2D eigenvalue weighted by Gasteiger charge is 2.28. The van der Waals surface area contributed by atoms with Crippen molar-refractivity contribution in [2.24, 2.45) is 0 Å². The van der Waals surface area contributed by atoms with Gasteiger partial charge in [-0.15, -0.1) is 11.3 Å². The number of nitrogens with zero attached hydrogens (tertiary/aromatic N) is 2. The van der Waals surface area contributed by atoms with E-state index in [1.54, 1.807) is 16.2 Å². The minimum atomic E-state index is -0.897. The number of carbonyl (C=O) groups excluding carboxylic acids is 1. The van der Waals surface area contributed by atoms with Crippen molar-refractivity contribution in [2.75, 3.05) is 13.1 Å². The molecule has 0 spiro atoms. The molecule has 1 amide bonds. The zero-order valence-electron chi connectivity index (χ0n) is 10.9. The van der Waals surface area contributed by atoms with Gasteiger partial charge in [-0.25, -0.2) is 4.98 Å². The molecule has 100 valence electrons. The van der Waals surface area contributed by atoms with Gasteiger partial charge in [0.15, 0.2) is 0 Å². The summed E-state index contributed by atoms with van der Waals surface area (Å²) in [5.74, 6) is 0.179. The number of thiazole rings is 1. The van der Waals surface area contributed by atoms with Crippen LogP contribution in [-0.2, 0) is 11.2 Å². The van der Waals surface area contributed by atoms with E-state index < -0.39 is 6.10 Å². The molecule has 1 saturated heterocycles. The van der Waals surface area contributed by atoms with Crippen molar-refractivity contribution in [3.8, 4) is 0 Å². The predicted molar refractivity (Wildman–Crippen MR) is 71.7 cm³/mol. The van der Waals surface area contributed by atoms with Crippen molar-refractivity contribution < 1.29 is 9.90 Å². The van der Waals surface area contributed by atoms with E-state index in [0.717, 1.165) is 36.5 Å². The summed E-state index contributed by atoms with van der Waals surface area (Å²) >= 11 is 1.69. The van der Waals surface area contributed by atoms with Crippen molar-refractivity contribution in [1.82, 2.24) is 9.88 Å². The van der Waals surface area contributed by atoms with E-state index in [-0.39, 0.29) is 5.91 Å². The Bertz CT molecular complexity index is 417. The van der Waals surface area contributed by atoms with Gasteiger partial charge in [-0.3, -0.25) is 4.79 Å². The van der Waals surface area contributed by atoms with E-state index in [0.29, 0.717) is 12.5 Å². The van der Waals surface area contributed by atoms with Gasteiger partial charge in [0.1, 0.15) is 6.10 Å². The van der Waals surface area contributed by atoms with Gasteiger partial charge in [0.25, 0.3) is 5.91 Å². The monoisotopic (exact) mass is 268 g/mol. The van der Waals surface area contributed by atoms with E-state index in [1.165, 1.54) is 6.92 Å². The minimum Gasteiger partial charge on any atom is -0.384 e. The van der Waals surface area contributed by atoms with Gasteiger partial charge in [0, 0.05) is 24.4 Å². The van der Waals surface area contributed by atoms with E-state index >= 15 is 0 Å². The largest absolute Gasteiger partial charge is 0.384 e. The Kier molecular flexibility index (Phi) is 4.35. The molecule has 1 aromatic heterocycles. The van der Waals surface area contributed by atoms with E-state index in [2.05, 4.69) is 17.3 Å². The minimum absolute atomic E-state index is 0.160. The van der Waals surface area contributed by atoms with Crippen LogP contribution in [-0.4, -0.2) is 40.1 Å². The number of rotatable bonds is 3. The maximum absolute atomic E-state index is 11.8. The second-order valence-corrected chi connectivity index (χ2v) is 5.72. The molecular formula is C13H20N2O2S. The third-order valence-electron chi connectivity index (χ3n) is 3.37. The number of likely N-dealkylation sites (tertiary alicyclic amines) is 1. The molecule has 1 aliphatic rings. The molecule has 0 aliphatic carbocycles. The topological polar surface area (TPSA) is 53.4 Å². The zero-order valence-corrected chi connectivity index (χ0v) is 11.7. The fourth-order valence-electron chi connectivity index (χ4n) is 2.32. The summed E-state index contributed by atoms with van der Waals surface area (Å²) in [6.45, 7) is 5.08. The van der Waals surface area contributed by atoms with Crippen molar-refractivity contribution in [3.63, 3.8) is 0 Å². The van der Waals surface area contributed by atoms with Gasteiger partial charge >= 0.3 is 0 Å². The fraction of sp³-hybridized carbons (Fsp3) is 0.692. The van der Waals surface area contributed by atoms with Crippen LogP contribution in [0.2, 0.25) is 0 Å². The predicted octanol–water partition coefficient (Wildman–Crippen LogP) is 1.79. The van der Waals surface area contributed by atoms with Crippen LogP contribution in [0, 0.1) is 0 Å². The first kappa shape index (κ1) is 13.5. The van der Waals surface area contributed by atoms with E-state index in [1.807, 2.05) is 0 Å². The molecule has 2 unspecified atom stereocenters. The fourth-order valence-corrected chi connectivity index (χ4v) is 3.35. The number of aromatic nitrogens is 1. The summed E-state index contributed by atoms with van der Waals surface area (Å²) in [6.07, 6.45) is 2.13. The van der Waals surface area contributed by atoms with Crippen molar-refractivity contribution in [3.05, 3.63) is 16.1 Å². The highest BCUT2D eigenvalue weighted by atomic mass is 32.1. The van der Waals surface area contributed by atoms with Gasteiger partial charge in [-0.05, 0) is 26.2 Å². The lowest BCUT2D eigenvalue weighted by Crippen LogP contribution is -2.43. The zero-order chi connectivity index (χ0) is 13.1. The molecule has 2 atom stereocenters. The van der Waals surface area contributed by atoms with Gasteiger partial charge in [0.2, 0.25) is 0 Å². The van der Waals surface area contributed by atoms with Crippen LogP contribution >= 0.6 is 11.3 Å². The van der Waals surface area contributed by atoms with Crippen LogP contribution < -0.4 is 0 Å². The molecule has 1 fully saturated rings. The number of hydrogen-bond acceptors (Lipinski definition) is 4. The van der Waals surface area contributed by atoms with Crippen LogP contribution in [0.4, 0.5) is 0 Å². The Morgan fingerprint density at radius 3 is 3.11 bits per heavy atom. The molecule has 1 aromatic rings. The average molecular weight is 268 g/mol. The number of aliphatic hydroxyl groups is 1. The van der Waals surface area contributed by atoms with Gasteiger partial charge in [-0.1, -0.05) is 6.92 Å². The summed E-state index contributed by atoms with van der Waals surface area (Å²) in [5.41, 5.74) is 1.13. The summed E-state index contributed by atoms with van der Waals surface area (Å²) in [6, 6.07) is 0. The third-order valence-corrected chi connectivity index (χ3v) is 4.43. The smallest absolute Gasteiger partial charge is 0.251 e. The van der Waals surface area contributed by atoms with Crippen molar-refractivity contribution in [2.45, 2.75) is 45.1 Å². The second kappa shape index (κ2) is 5.80. The van der Waals surface area contributed by atoms with Gasteiger partial charge < -0.3 is 10.0 Å². The number of aryl methyl sites for hydroxylation is 1. The number of amides is 1. The normalized spacial score (nSPS) is 21.9. The SMILES string of the molecule is CCc1csc(C2CCCN(C(=O)C(C)O)C2)n1. The number of hydrogen-bond donors (Lipinski definition) is 1. The van der Waals surface area contributed by atoms with Crippen LogP contribution in [0.3, 0.4) is 0 Å². The molecule has 1 aliphatic heterocycles. The molecule has 0 radical (unpaired) electrons. The Labute approximate surface area is 112 Å². The Balaban J connectivity index is 2.04. The summed E-state index contributed by atoms with van der Waals surface area (Å²) in [7, 11) is 0. The maximum Gasteiger partial charge on any atom is 0.251 e. The molecule has 1 N–H and O–H groups in total. The first-order valence-corrected chi connectivity index (χ1v) is 7.41. The van der Waals surface area contributed by atoms with Crippen LogP contribution in [0.15, 0.2) is 5.38 Å². The standard InChI is InChI=1S/C13H20N2O2S/c1-3-11-8-18-12(14-11)10-5-4-6-15(7-10)13(17)9(2)16/h8-10,16H,3-7H2,1-2H3.